The first-order valence-electron chi connectivity index (χ1n) is 6.84. The molecule has 0 spiro atoms. The molecule has 1 aromatic carbocycles. The third kappa shape index (κ3) is 1.52. The summed E-state index contributed by atoms with van der Waals surface area (Å²) in [5, 5.41) is 0. The molecule has 2 aromatic rings. The standard InChI is InChI=1S/C16H14N2O3/c1-8-10(6-19)16(2,3)15-14(8)17-12-5-13-9(7-20-21-13)4-11(12)18-15/h4-6H,7H2,1-3H3. The Morgan fingerprint density at radius 1 is 1.24 bits per heavy atom. The number of hydrogen-bond donors (Lipinski definition) is 0. The molecule has 4 rings (SSSR count). The van der Waals surface area contributed by atoms with E-state index < -0.39 is 5.41 Å². The SMILES string of the molecule is CC1=C(C=O)C(C)(C)c2nc3cc4c(cc3nc21)OOC4. The van der Waals surface area contributed by atoms with Gasteiger partial charge in [-0.1, -0.05) is 0 Å². The minimum absolute atomic E-state index is 0.408. The minimum atomic E-state index is -0.408. The van der Waals surface area contributed by atoms with Crippen molar-refractivity contribution in [2.24, 2.45) is 0 Å². The van der Waals surface area contributed by atoms with Gasteiger partial charge in [-0.05, 0) is 32.4 Å². The van der Waals surface area contributed by atoms with E-state index in [9.17, 15) is 4.79 Å². The molecule has 0 unspecified atom stereocenters. The molecule has 0 bridgehead atoms. The molecule has 0 amide bonds. The lowest BCUT2D eigenvalue weighted by Crippen LogP contribution is -2.20. The van der Waals surface area contributed by atoms with E-state index >= 15 is 0 Å². The van der Waals surface area contributed by atoms with Crippen molar-refractivity contribution in [3.05, 3.63) is 34.7 Å². The largest absolute Gasteiger partial charge is 0.337 e. The second kappa shape index (κ2) is 3.89. The Balaban J connectivity index is 2.03. The van der Waals surface area contributed by atoms with E-state index in [1.807, 2.05) is 32.9 Å². The Bertz CT molecular complexity index is 837. The highest BCUT2D eigenvalue weighted by molar-refractivity contribution is 5.95. The number of aldehydes is 1. The highest BCUT2D eigenvalue weighted by atomic mass is 17.2. The molecule has 0 fully saturated rings. The second-order valence-electron chi connectivity index (χ2n) is 6.00. The van der Waals surface area contributed by atoms with Crippen molar-refractivity contribution in [1.29, 1.82) is 0 Å². The topological polar surface area (TPSA) is 61.3 Å². The third-order valence-electron chi connectivity index (χ3n) is 4.35. The highest BCUT2D eigenvalue weighted by Crippen LogP contribution is 2.44. The summed E-state index contributed by atoms with van der Waals surface area (Å²) in [7, 11) is 0. The third-order valence-corrected chi connectivity index (χ3v) is 4.35. The Morgan fingerprint density at radius 3 is 2.76 bits per heavy atom. The molecule has 2 aliphatic rings. The van der Waals surface area contributed by atoms with E-state index in [0.29, 0.717) is 12.4 Å². The van der Waals surface area contributed by atoms with Gasteiger partial charge in [0.1, 0.15) is 12.9 Å². The van der Waals surface area contributed by atoms with Crippen LogP contribution in [0.4, 0.5) is 0 Å². The molecule has 0 saturated carbocycles. The number of aromatic nitrogens is 2. The van der Waals surface area contributed by atoms with Crippen LogP contribution >= 0.6 is 0 Å². The van der Waals surface area contributed by atoms with Crippen molar-refractivity contribution in [3.8, 4) is 5.75 Å². The van der Waals surface area contributed by atoms with Gasteiger partial charge in [0.05, 0.1) is 22.4 Å². The fourth-order valence-electron chi connectivity index (χ4n) is 3.13. The van der Waals surface area contributed by atoms with Crippen LogP contribution in [0, 0.1) is 0 Å². The van der Waals surface area contributed by atoms with Crippen LogP contribution < -0.4 is 4.89 Å². The highest BCUT2D eigenvalue weighted by Gasteiger charge is 2.39. The van der Waals surface area contributed by atoms with Crippen molar-refractivity contribution in [2.75, 3.05) is 0 Å². The summed E-state index contributed by atoms with van der Waals surface area (Å²) >= 11 is 0. The lowest BCUT2D eigenvalue weighted by atomic mass is 9.85. The van der Waals surface area contributed by atoms with Gasteiger partial charge in [0.15, 0.2) is 5.75 Å². The predicted molar refractivity (Wildman–Crippen MR) is 76.6 cm³/mol. The monoisotopic (exact) mass is 282 g/mol. The van der Waals surface area contributed by atoms with E-state index in [1.54, 1.807) is 0 Å². The summed E-state index contributed by atoms with van der Waals surface area (Å²) in [6, 6.07) is 3.78. The van der Waals surface area contributed by atoms with Crippen LogP contribution in [0.3, 0.4) is 0 Å². The number of carbonyl (C=O) groups excluding carboxylic acids is 1. The van der Waals surface area contributed by atoms with Crippen molar-refractivity contribution in [3.63, 3.8) is 0 Å². The van der Waals surface area contributed by atoms with E-state index in [1.165, 1.54) is 0 Å². The zero-order valence-electron chi connectivity index (χ0n) is 12.1. The molecule has 2 heterocycles. The maximum Gasteiger partial charge on any atom is 0.173 e. The van der Waals surface area contributed by atoms with Crippen LogP contribution in [0.25, 0.3) is 16.6 Å². The number of allylic oxidation sites excluding steroid dienone is 2. The van der Waals surface area contributed by atoms with Crippen molar-refractivity contribution < 1.29 is 14.6 Å². The second-order valence-corrected chi connectivity index (χ2v) is 6.00. The molecule has 0 N–H and O–H groups in total. The Kier molecular flexibility index (Phi) is 2.31. The van der Waals surface area contributed by atoms with Gasteiger partial charge < -0.3 is 4.89 Å². The molecular weight excluding hydrogens is 268 g/mol. The molecule has 1 aromatic heterocycles. The first-order chi connectivity index (χ1) is 10.0. The van der Waals surface area contributed by atoms with Crippen LogP contribution in [-0.2, 0) is 21.7 Å². The molecule has 1 aliphatic heterocycles. The number of rotatable bonds is 1. The predicted octanol–water partition coefficient (Wildman–Crippen LogP) is 2.72. The van der Waals surface area contributed by atoms with Crippen LogP contribution in [-0.4, -0.2) is 16.3 Å². The van der Waals surface area contributed by atoms with Gasteiger partial charge in [-0.3, -0.25) is 4.79 Å². The van der Waals surface area contributed by atoms with Crippen molar-refractivity contribution in [1.82, 2.24) is 9.97 Å². The number of fused-ring (bicyclic) bond motifs is 3. The normalized spacial score (nSPS) is 18.6. The van der Waals surface area contributed by atoms with Crippen LogP contribution in [0.5, 0.6) is 5.75 Å². The van der Waals surface area contributed by atoms with Crippen LogP contribution in [0.1, 0.15) is 37.7 Å². The molecule has 0 radical (unpaired) electrons. The molecule has 1 aliphatic carbocycles. The Labute approximate surface area is 121 Å². The molecule has 0 atom stereocenters. The van der Waals surface area contributed by atoms with Crippen molar-refractivity contribution in [2.45, 2.75) is 32.8 Å². The lowest BCUT2D eigenvalue weighted by Gasteiger charge is -2.19. The van der Waals surface area contributed by atoms with E-state index in [4.69, 9.17) is 19.7 Å². The lowest BCUT2D eigenvalue weighted by molar-refractivity contribution is -0.194. The molecule has 21 heavy (non-hydrogen) atoms. The summed E-state index contributed by atoms with van der Waals surface area (Å²) in [4.78, 5) is 30.9. The first kappa shape index (κ1) is 12.5. The number of carbonyl (C=O) groups is 1. The Hall–Kier alpha value is -2.27. The smallest absolute Gasteiger partial charge is 0.173 e. The molecule has 106 valence electrons. The van der Waals surface area contributed by atoms with E-state index in [2.05, 4.69) is 0 Å². The molecule has 5 heteroatoms. The van der Waals surface area contributed by atoms with E-state index in [0.717, 1.165) is 45.4 Å². The van der Waals surface area contributed by atoms with Gasteiger partial charge in [0.25, 0.3) is 0 Å². The van der Waals surface area contributed by atoms with Gasteiger partial charge in [-0.15, -0.1) is 0 Å². The summed E-state index contributed by atoms with van der Waals surface area (Å²) < 4.78 is 0. The number of hydrogen-bond acceptors (Lipinski definition) is 5. The first-order valence-corrected chi connectivity index (χ1v) is 6.84. The van der Waals surface area contributed by atoms with E-state index in [-0.39, 0.29) is 0 Å². The molecule has 5 nitrogen and oxygen atoms in total. The maximum absolute atomic E-state index is 11.4. The Morgan fingerprint density at radius 2 is 2.00 bits per heavy atom. The summed E-state index contributed by atoms with van der Waals surface area (Å²) in [5.74, 6) is 0.686. The van der Waals surface area contributed by atoms with Gasteiger partial charge in [-0.2, -0.15) is 4.89 Å². The molecular formula is C16H14N2O3. The summed E-state index contributed by atoms with van der Waals surface area (Å²) in [6.07, 6.45) is 0.917. The van der Waals surface area contributed by atoms with Crippen LogP contribution in [0.15, 0.2) is 17.7 Å². The van der Waals surface area contributed by atoms with Crippen molar-refractivity contribution >= 4 is 22.9 Å². The number of nitrogens with zero attached hydrogens (tertiary/aromatic N) is 2. The van der Waals surface area contributed by atoms with Crippen LogP contribution in [0.2, 0.25) is 0 Å². The quantitative estimate of drug-likeness (QED) is 0.594. The molecule has 0 saturated heterocycles. The maximum atomic E-state index is 11.4. The average molecular weight is 282 g/mol. The average Bonchev–Trinajstić information content (AvgIpc) is 2.96. The fourth-order valence-corrected chi connectivity index (χ4v) is 3.13. The summed E-state index contributed by atoms with van der Waals surface area (Å²) in [5.41, 5.74) is 5.41. The van der Waals surface area contributed by atoms with Gasteiger partial charge >= 0.3 is 0 Å². The fraction of sp³-hybridized carbons (Fsp3) is 0.312. The minimum Gasteiger partial charge on any atom is -0.337 e. The summed E-state index contributed by atoms with van der Waals surface area (Å²) in [6.45, 7) is 6.35. The van der Waals surface area contributed by atoms with Gasteiger partial charge in [0, 0.05) is 22.6 Å². The zero-order valence-corrected chi connectivity index (χ0v) is 12.1. The zero-order chi connectivity index (χ0) is 14.8. The van der Waals surface area contributed by atoms with Gasteiger partial charge in [-0.25, -0.2) is 9.97 Å². The van der Waals surface area contributed by atoms with Gasteiger partial charge in [0.2, 0.25) is 0 Å². The number of benzene rings is 1.